The molecule has 1 aromatic heterocycles. The van der Waals surface area contributed by atoms with Gasteiger partial charge in [0, 0.05) is 17.7 Å². The smallest absolute Gasteiger partial charge is 0.307 e. The molecule has 0 aliphatic carbocycles. The van der Waals surface area contributed by atoms with Crippen molar-refractivity contribution in [3.63, 3.8) is 0 Å². The topological polar surface area (TPSA) is 55.1 Å². The first-order chi connectivity index (χ1) is 9.47. The standard InChI is InChI=1S/C14H15BrN2O2S/c1-9-14(15)12(17(2)16-9)8-20-11-5-3-10(4-6-11)7-13(18)19/h3-6H,7-8H2,1-2H3,(H,18,19). The number of halogens is 1. The Bertz CT molecular complexity index is 623. The summed E-state index contributed by atoms with van der Waals surface area (Å²) in [6, 6.07) is 7.64. The van der Waals surface area contributed by atoms with Crippen molar-refractivity contribution in [2.24, 2.45) is 7.05 Å². The zero-order valence-corrected chi connectivity index (χ0v) is 13.7. The van der Waals surface area contributed by atoms with Gasteiger partial charge < -0.3 is 5.11 Å². The van der Waals surface area contributed by atoms with E-state index in [4.69, 9.17) is 5.11 Å². The van der Waals surface area contributed by atoms with Crippen LogP contribution in [0, 0.1) is 6.92 Å². The van der Waals surface area contributed by atoms with Gasteiger partial charge in [-0.15, -0.1) is 11.8 Å². The number of hydrogen-bond donors (Lipinski definition) is 1. The second-order valence-corrected chi connectivity index (χ2v) is 6.31. The van der Waals surface area contributed by atoms with Gasteiger partial charge in [0.05, 0.1) is 22.3 Å². The fraction of sp³-hybridized carbons (Fsp3) is 0.286. The Balaban J connectivity index is 2.02. The van der Waals surface area contributed by atoms with Gasteiger partial charge in [-0.25, -0.2) is 0 Å². The molecular formula is C14H15BrN2O2S. The lowest BCUT2D eigenvalue weighted by Crippen LogP contribution is -1.99. The number of carbonyl (C=O) groups is 1. The molecule has 106 valence electrons. The number of rotatable bonds is 5. The van der Waals surface area contributed by atoms with Crippen LogP contribution >= 0.6 is 27.7 Å². The first kappa shape index (κ1) is 15.1. The van der Waals surface area contributed by atoms with Gasteiger partial charge in [0.25, 0.3) is 0 Å². The molecule has 0 saturated carbocycles. The quantitative estimate of drug-likeness (QED) is 0.836. The number of aryl methyl sites for hydroxylation is 2. The molecule has 0 atom stereocenters. The molecule has 0 amide bonds. The molecule has 0 bridgehead atoms. The maximum Gasteiger partial charge on any atom is 0.307 e. The summed E-state index contributed by atoms with van der Waals surface area (Å²) >= 11 is 5.26. The summed E-state index contributed by atoms with van der Waals surface area (Å²) in [5.41, 5.74) is 2.95. The molecule has 20 heavy (non-hydrogen) atoms. The molecule has 2 aromatic rings. The Hall–Kier alpha value is -1.27. The Morgan fingerprint density at radius 2 is 2.05 bits per heavy atom. The number of nitrogens with zero attached hydrogens (tertiary/aromatic N) is 2. The van der Waals surface area contributed by atoms with E-state index in [-0.39, 0.29) is 6.42 Å². The van der Waals surface area contributed by atoms with Gasteiger partial charge in [-0.2, -0.15) is 5.10 Å². The highest BCUT2D eigenvalue weighted by Gasteiger charge is 2.10. The van der Waals surface area contributed by atoms with Crippen LogP contribution in [0.4, 0.5) is 0 Å². The average molecular weight is 355 g/mol. The van der Waals surface area contributed by atoms with E-state index >= 15 is 0 Å². The highest BCUT2D eigenvalue weighted by Crippen LogP contribution is 2.28. The van der Waals surface area contributed by atoms with E-state index in [2.05, 4.69) is 21.0 Å². The van der Waals surface area contributed by atoms with Crippen molar-refractivity contribution in [2.75, 3.05) is 0 Å². The van der Waals surface area contributed by atoms with Gasteiger partial charge in [0.2, 0.25) is 0 Å². The Morgan fingerprint density at radius 3 is 2.55 bits per heavy atom. The number of carboxylic acid groups (broad SMARTS) is 1. The van der Waals surface area contributed by atoms with E-state index in [1.807, 2.05) is 42.9 Å². The third-order valence-electron chi connectivity index (χ3n) is 2.92. The molecule has 0 aliphatic heterocycles. The van der Waals surface area contributed by atoms with E-state index in [1.54, 1.807) is 11.8 Å². The van der Waals surface area contributed by atoms with Crippen LogP contribution in [0.5, 0.6) is 0 Å². The van der Waals surface area contributed by atoms with Crippen molar-refractivity contribution in [3.05, 3.63) is 45.7 Å². The van der Waals surface area contributed by atoms with Gasteiger partial charge in [-0.05, 0) is 40.5 Å². The maximum absolute atomic E-state index is 10.6. The molecule has 0 unspecified atom stereocenters. The molecule has 0 fully saturated rings. The van der Waals surface area contributed by atoms with Crippen molar-refractivity contribution >= 4 is 33.7 Å². The van der Waals surface area contributed by atoms with Crippen LogP contribution in [0.15, 0.2) is 33.6 Å². The summed E-state index contributed by atoms with van der Waals surface area (Å²) in [4.78, 5) is 11.7. The molecule has 1 aromatic carbocycles. The molecule has 1 N–H and O–H groups in total. The van der Waals surface area contributed by atoms with Gasteiger partial charge in [0.15, 0.2) is 0 Å². The highest BCUT2D eigenvalue weighted by molar-refractivity contribution is 9.10. The fourth-order valence-electron chi connectivity index (χ4n) is 1.87. The number of aromatic nitrogens is 2. The zero-order chi connectivity index (χ0) is 14.7. The van der Waals surface area contributed by atoms with Gasteiger partial charge in [0.1, 0.15) is 0 Å². The van der Waals surface area contributed by atoms with Crippen molar-refractivity contribution in [1.29, 1.82) is 0 Å². The van der Waals surface area contributed by atoms with E-state index in [0.717, 1.165) is 32.1 Å². The van der Waals surface area contributed by atoms with Crippen molar-refractivity contribution in [2.45, 2.75) is 24.0 Å². The Morgan fingerprint density at radius 1 is 1.40 bits per heavy atom. The number of hydrogen-bond acceptors (Lipinski definition) is 3. The molecule has 0 aliphatic rings. The van der Waals surface area contributed by atoms with Crippen LogP contribution in [0.2, 0.25) is 0 Å². The molecular weight excluding hydrogens is 340 g/mol. The van der Waals surface area contributed by atoms with E-state index in [1.165, 1.54) is 0 Å². The first-order valence-electron chi connectivity index (χ1n) is 6.09. The van der Waals surface area contributed by atoms with Gasteiger partial charge in [-0.1, -0.05) is 12.1 Å². The third kappa shape index (κ3) is 3.64. The lowest BCUT2D eigenvalue weighted by molar-refractivity contribution is -0.136. The number of aliphatic carboxylic acids is 1. The van der Waals surface area contributed by atoms with Crippen LogP contribution < -0.4 is 0 Å². The van der Waals surface area contributed by atoms with Crippen molar-refractivity contribution in [3.8, 4) is 0 Å². The number of thioether (sulfide) groups is 1. The second-order valence-electron chi connectivity index (χ2n) is 4.47. The summed E-state index contributed by atoms with van der Waals surface area (Å²) in [5, 5.41) is 13.1. The van der Waals surface area contributed by atoms with E-state index in [9.17, 15) is 4.79 Å². The summed E-state index contributed by atoms with van der Waals surface area (Å²) in [6.45, 7) is 1.97. The second kappa shape index (κ2) is 6.45. The number of benzene rings is 1. The third-order valence-corrected chi connectivity index (χ3v) is 4.97. The largest absolute Gasteiger partial charge is 0.481 e. The van der Waals surface area contributed by atoms with E-state index < -0.39 is 5.97 Å². The van der Waals surface area contributed by atoms with Crippen LogP contribution in [0.1, 0.15) is 17.0 Å². The average Bonchev–Trinajstić information content (AvgIpc) is 2.62. The molecule has 0 saturated heterocycles. The molecule has 0 radical (unpaired) electrons. The lowest BCUT2D eigenvalue weighted by Gasteiger charge is -2.04. The van der Waals surface area contributed by atoms with Crippen molar-refractivity contribution < 1.29 is 9.90 Å². The minimum Gasteiger partial charge on any atom is -0.481 e. The minimum absolute atomic E-state index is 0.0669. The monoisotopic (exact) mass is 354 g/mol. The summed E-state index contributed by atoms with van der Waals surface area (Å²) in [5.74, 6) is 0.00984. The molecule has 6 heteroatoms. The van der Waals surface area contributed by atoms with Gasteiger partial charge >= 0.3 is 5.97 Å². The molecule has 4 nitrogen and oxygen atoms in total. The Labute approximate surface area is 130 Å². The Kier molecular flexibility index (Phi) is 4.88. The minimum atomic E-state index is -0.806. The highest BCUT2D eigenvalue weighted by atomic mass is 79.9. The van der Waals surface area contributed by atoms with E-state index in [0.29, 0.717) is 0 Å². The predicted molar refractivity (Wildman–Crippen MR) is 83.0 cm³/mol. The van der Waals surface area contributed by atoms with Crippen LogP contribution in [0.25, 0.3) is 0 Å². The lowest BCUT2D eigenvalue weighted by atomic mass is 10.2. The fourth-order valence-corrected chi connectivity index (χ4v) is 3.49. The summed E-state index contributed by atoms with van der Waals surface area (Å²) < 4.78 is 2.93. The normalized spacial score (nSPS) is 10.8. The molecule has 0 spiro atoms. The number of carboxylic acids is 1. The molecule has 2 rings (SSSR count). The first-order valence-corrected chi connectivity index (χ1v) is 7.86. The summed E-state index contributed by atoms with van der Waals surface area (Å²) in [7, 11) is 1.93. The van der Waals surface area contributed by atoms with Crippen LogP contribution in [0.3, 0.4) is 0 Å². The van der Waals surface area contributed by atoms with Crippen LogP contribution in [-0.4, -0.2) is 20.9 Å². The van der Waals surface area contributed by atoms with Gasteiger partial charge in [-0.3, -0.25) is 9.48 Å². The predicted octanol–water partition coefficient (Wildman–Crippen LogP) is 3.41. The van der Waals surface area contributed by atoms with Crippen LogP contribution in [-0.2, 0) is 24.0 Å². The van der Waals surface area contributed by atoms with Crippen molar-refractivity contribution in [1.82, 2.24) is 9.78 Å². The zero-order valence-electron chi connectivity index (χ0n) is 11.3. The SMILES string of the molecule is Cc1nn(C)c(CSc2ccc(CC(=O)O)cc2)c1Br. The molecule has 1 heterocycles. The maximum atomic E-state index is 10.6. The summed E-state index contributed by atoms with van der Waals surface area (Å²) in [6.07, 6.45) is 0.0669.